The van der Waals surface area contributed by atoms with Crippen molar-refractivity contribution in [3.8, 4) is 0 Å². The summed E-state index contributed by atoms with van der Waals surface area (Å²) in [4.78, 5) is 15.2. The lowest BCUT2D eigenvalue weighted by molar-refractivity contribution is 0.0697. The number of hydrogen-bond acceptors (Lipinski definition) is 3. The molecule has 0 aliphatic carbocycles. The average Bonchev–Trinajstić information content (AvgIpc) is 2.45. The largest absolute Gasteiger partial charge is 0.478 e. The van der Waals surface area contributed by atoms with Crippen molar-refractivity contribution in [2.45, 2.75) is 19.9 Å². The molecule has 0 spiro atoms. The minimum Gasteiger partial charge on any atom is -0.478 e. The van der Waals surface area contributed by atoms with E-state index in [2.05, 4.69) is 17.2 Å². The van der Waals surface area contributed by atoms with Crippen molar-refractivity contribution in [3.05, 3.63) is 58.4 Å². The predicted octanol–water partition coefficient (Wildman–Crippen LogP) is 3.61. The molecule has 1 aromatic carbocycles. The number of hydrogen-bond donors (Lipinski definition) is 2. The van der Waals surface area contributed by atoms with Crippen LogP contribution >= 0.6 is 11.6 Å². The number of benzene rings is 1. The first-order chi connectivity index (χ1) is 9.61. The summed E-state index contributed by atoms with van der Waals surface area (Å²) in [6.07, 6.45) is 2.68. The maximum atomic E-state index is 10.9. The molecule has 1 heterocycles. The molecule has 104 valence electrons. The van der Waals surface area contributed by atoms with Crippen LogP contribution in [0.3, 0.4) is 0 Å². The van der Waals surface area contributed by atoms with Gasteiger partial charge in [0.15, 0.2) is 0 Å². The lowest BCUT2D eigenvalue weighted by atomic mass is 10.1. The third kappa shape index (κ3) is 3.27. The summed E-state index contributed by atoms with van der Waals surface area (Å²) in [5.41, 5.74) is 3.04. The molecule has 0 saturated carbocycles. The van der Waals surface area contributed by atoms with Gasteiger partial charge in [0.1, 0.15) is 0 Å². The topological polar surface area (TPSA) is 62.2 Å². The van der Waals surface area contributed by atoms with Crippen LogP contribution < -0.4 is 5.32 Å². The quantitative estimate of drug-likeness (QED) is 0.883. The van der Waals surface area contributed by atoms with Gasteiger partial charge in [-0.25, -0.2) is 4.79 Å². The summed E-state index contributed by atoms with van der Waals surface area (Å²) in [6.45, 7) is 2.66. The van der Waals surface area contributed by atoms with Crippen LogP contribution in [-0.2, 0) is 13.0 Å². The van der Waals surface area contributed by atoms with Gasteiger partial charge in [0.2, 0.25) is 0 Å². The van der Waals surface area contributed by atoms with Crippen LogP contribution in [0.5, 0.6) is 0 Å². The number of nitrogens with zero attached hydrogens (tertiary/aromatic N) is 1. The molecule has 5 heteroatoms. The lowest BCUT2D eigenvalue weighted by Crippen LogP contribution is -2.05. The molecule has 2 aromatic rings. The van der Waals surface area contributed by atoms with Gasteiger partial charge in [-0.2, -0.15) is 0 Å². The smallest absolute Gasteiger partial charge is 0.337 e. The predicted molar refractivity (Wildman–Crippen MR) is 79.4 cm³/mol. The van der Waals surface area contributed by atoms with Gasteiger partial charge in [-0.05, 0) is 36.2 Å². The molecule has 0 fully saturated rings. The summed E-state index contributed by atoms with van der Waals surface area (Å²) in [5.74, 6) is -1.03. The molecule has 0 aliphatic rings. The second-order valence-electron chi connectivity index (χ2n) is 4.32. The SMILES string of the molecule is CCc1cccnc1CNc1ccc(C(=O)O)c(Cl)c1. The van der Waals surface area contributed by atoms with E-state index in [9.17, 15) is 4.79 Å². The van der Waals surface area contributed by atoms with E-state index >= 15 is 0 Å². The van der Waals surface area contributed by atoms with Gasteiger partial charge in [0.05, 0.1) is 22.8 Å². The Hall–Kier alpha value is -2.07. The molecule has 0 atom stereocenters. The molecule has 0 saturated heterocycles. The monoisotopic (exact) mass is 290 g/mol. The second kappa shape index (κ2) is 6.39. The van der Waals surface area contributed by atoms with E-state index < -0.39 is 5.97 Å². The molecular weight excluding hydrogens is 276 g/mol. The Kier molecular flexibility index (Phi) is 4.58. The van der Waals surface area contributed by atoms with E-state index in [1.54, 1.807) is 18.3 Å². The lowest BCUT2D eigenvalue weighted by Gasteiger charge is -2.10. The number of carboxylic acids is 1. The van der Waals surface area contributed by atoms with Gasteiger partial charge in [0, 0.05) is 11.9 Å². The van der Waals surface area contributed by atoms with Crippen LogP contribution in [0.4, 0.5) is 5.69 Å². The molecule has 0 bridgehead atoms. The van der Waals surface area contributed by atoms with Crippen molar-refractivity contribution in [3.63, 3.8) is 0 Å². The van der Waals surface area contributed by atoms with Crippen molar-refractivity contribution in [1.82, 2.24) is 4.98 Å². The van der Waals surface area contributed by atoms with Crippen molar-refractivity contribution in [2.24, 2.45) is 0 Å². The van der Waals surface area contributed by atoms with Gasteiger partial charge in [-0.15, -0.1) is 0 Å². The standard InChI is InChI=1S/C15H15ClN2O2/c1-2-10-4-3-7-17-14(10)9-18-11-5-6-12(15(19)20)13(16)8-11/h3-8,18H,2,9H2,1H3,(H,19,20). The minimum absolute atomic E-state index is 0.101. The fraction of sp³-hybridized carbons (Fsp3) is 0.200. The van der Waals surface area contributed by atoms with E-state index in [4.69, 9.17) is 16.7 Å². The molecular formula is C15H15ClN2O2. The van der Waals surface area contributed by atoms with Gasteiger partial charge in [0.25, 0.3) is 0 Å². The number of aromatic carboxylic acids is 1. The molecule has 0 amide bonds. The molecule has 0 unspecified atom stereocenters. The Balaban J connectivity index is 2.11. The van der Waals surface area contributed by atoms with E-state index in [-0.39, 0.29) is 10.6 Å². The number of rotatable bonds is 5. The summed E-state index contributed by atoms with van der Waals surface area (Å²) in [6, 6.07) is 8.76. The fourth-order valence-electron chi connectivity index (χ4n) is 1.94. The second-order valence-corrected chi connectivity index (χ2v) is 4.72. The first kappa shape index (κ1) is 14.3. The van der Waals surface area contributed by atoms with Crippen molar-refractivity contribution in [2.75, 3.05) is 5.32 Å². The van der Waals surface area contributed by atoms with Crippen molar-refractivity contribution < 1.29 is 9.90 Å². The van der Waals surface area contributed by atoms with Gasteiger partial charge < -0.3 is 10.4 Å². The number of pyridine rings is 1. The Bertz CT molecular complexity index is 629. The van der Waals surface area contributed by atoms with Crippen molar-refractivity contribution >= 4 is 23.3 Å². The third-order valence-corrected chi connectivity index (χ3v) is 3.34. The summed E-state index contributed by atoms with van der Waals surface area (Å²) in [5, 5.41) is 12.3. The number of aryl methyl sites for hydroxylation is 1. The number of aromatic nitrogens is 1. The zero-order valence-electron chi connectivity index (χ0n) is 11.1. The number of carboxylic acid groups (broad SMARTS) is 1. The molecule has 1 aromatic heterocycles. The number of carbonyl (C=O) groups is 1. The average molecular weight is 291 g/mol. The summed E-state index contributed by atoms with van der Waals surface area (Å²) < 4.78 is 0. The maximum Gasteiger partial charge on any atom is 0.337 e. The van der Waals surface area contributed by atoms with Crippen LogP contribution in [-0.4, -0.2) is 16.1 Å². The fourth-order valence-corrected chi connectivity index (χ4v) is 2.20. The van der Waals surface area contributed by atoms with Crippen LogP contribution in [0.15, 0.2) is 36.5 Å². The van der Waals surface area contributed by atoms with E-state index in [1.807, 2.05) is 12.1 Å². The Morgan fingerprint density at radius 2 is 2.20 bits per heavy atom. The maximum absolute atomic E-state index is 10.9. The molecule has 2 rings (SSSR count). The normalized spacial score (nSPS) is 10.3. The van der Waals surface area contributed by atoms with Crippen LogP contribution in [0.1, 0.15) is 28.5 Å². The van der Waals surface area contributed by atoms with Gasteiger partial charge >= 0.3 is 5.97 Å². The van der Waals surface area contributed by atoms with Crippen molar-refractivity contribution in [1.29, 1.82) is 0 Å². The Labute approximate surface area is 122 Å². The van der Waals surface area contributed by atoms with Crippen LogP contribution in [0.2, 0.25) is 5.02 Å². The van der Waals surface area contributed by atoms with E-state index in [0.717, 1.165) is 17.8 Å². The third-order valence-electron chi connectivity index (χ3n) is 3.02. The van der Waals surface area contributed by atoms with E-state index in [0.29, 0.717) is 6.54 Å². The highest BCUT2D eigenvalue weighted by Crippen LogP contribution is 2.21. The number of anilines is 1. The summed E-state index contributed by atoms with van der Waals surface area (Å²) >= 11 is 5.93. The first-order valence-electron chi connectivity index (χ1n) is 6.31. The number of nitrogens with one attached hydrogen (secondary N) is 1. The molecule has 2 N–H and O–H groups in total. The van der Waals surface area contributed by atoms with Crippen LogP contribution in [0, 0.1) is 0 Å². The minimum atomic E-state index is -1.03. The van der Waals surface area contributed by atoms with Gasteiger partial charge in [-0.3, -0.25) is 4.98 Å². The number of halogens is 1. The highest BCUT2D eigenvalue weighted by Gasteiger charge is 2.09. The Morgan fingerprint density at radius 3 is 2.85 bits per heavy atom. The molecule has 20 heavy (non-hydrogen) atoms. The summed E-state index contributed by atoms with van der Waals surface area (Å²) in [7, 11) is 0. The Morgan fingerprint density at radius 1 is 1.40 bits per heavy atom. The zero-order chi connectivity index (χ0) is 14.5. The molecule has 0 radical (unpaired) electrons. The molecule has 0 aliphatic heterocycles. The first-order valence-corrected chi connectivity index (χ1v) is 6.69. The van der Waals surface area contributed by atoms with Crippen LogP contribution in [0.25, 0.3) is 0 Å². The van der Waals surface area contributed by atoms with Gasteiger partial charge in [-0.1, -0.05) is 24.6 Å². The van der Waals surface area contributed by atoms with E-state index in [1.165, 1.54) is 11.6 Å². The molecule has 4 nitrogen and oxygen atoms in total. The highest BCUT2D eigenvalue weighted by molar-refractivity contribution is 6.33. The highest BCUT2D eigenvalue weighted by atomic mass is 35.5. The zero-order valence-corrected chi connectivity index (χ0v) is 11.8.